The minimum Gasteiger partial charge on any atom is -0.305 e. The zero-order valence-corrected chi connectivity index (χ0v) is 4.46. The third-order valence-corrected chi connectivity index (χ3v) is 1.53. The lowest BCUT2D eigenvalue weighted by Gasteiger charge is -2.15. The van der Waals surface area contributed by atoms with Crippen LogP contribution in [0.4, 0.5) is 0 Å². The molecule has 0 radical (unpaired) electrons. The van der Waals surface area contributed by atoms with E-state index in [0.717, 1.165) is 12.8 Å². The summed E-state index contributed by atoms with van der Waals surface area (Å²) in [4.78, 5) is 6.56. The van der Waals surface area contributed by atoms with Gasteiger partial charge in [0.25, 0.3) is 12.1 Å². The fourth-order valence-corrected chi connectivity index (χ4v) is 0.766. The van der Waals surface area contributed by atoms with E-state index in [1.54, 1.807) is 0 Å². The molecule has 0 aromatic carbocycles. The molecule has 0 amide bonds. The van der Waals surface area contributed by atoms with Gasteiger partial charge in [0.05, 0.1) is 0 Å². The van der Waals surface area contributed by atoms with Crippen LogP contribution >= 0.6 is 0 Å². The molecular weight excluding hydrogens is 100 g/mol. The van der Waals surface area contributed by atoms with E-state index in [0.29, 0.717) is 0 Å². The lowest BCUT2D eigenvalue weighted by molar-refractivity contribution is 0.438. The van der Waals surface area contributed by atoms with Gasteiger partial charge in [0, 0.05) is 12.8 Å². The molecule has 0 saturated heterocycles. The lowest BCUT2D eigenvalue weighted by Crippen LogP contribution is -2.30. The van der Waals surface area contributed by atoms with Gasteiger partial charge in [-0.3, -0.25) is 0 Å². The minimum atomic E-state index is 0.0347. The summed E-state index contributed by atoms with van der Waals surface area (Å²) >= 11 is 0. The summed E-state index contributed by atoms with van der Waals surface area (Å²) in [6.45, 7) is 13.2. The van der Waals surface area contributed by atoms with Gasteiger partial charge in [-0.05, 0) is 0 Å². The van der Waals surface area contributed by atoms with Crippen molar-refractivity contribution in [3.8, 4) is 0 Å². The first kappa shape index (κ1) is 5.12. The van der Waals surface area contributed by atoms with E-state index in [1.807, 2.05) is 0 Å². The van der Waals surface area contributed by atoms with Gasteiger partial charge in [-0.15, -0.1) is 0 Å². The van der Waals surface area contributed by atoms with Crippen LogP contribution in [0.3, 0.4) is 0 Å². The van der Waals surface area contributed by atoms with Crippen LogP contribution < -0.4 is 0 Å². The molecule has 0 aromatic heterocycles. The monoisotopic (exact) mass is 106 g/mol. The molecule has 2 atom stereocenters. The van der Waals surface area contributed by atoms with Crippen LogP contribution in [0.1, 0.15) is 12.8 Å². The number of rotatable bonds is 0. The van der Waals surface area contributed by atoms with Gasteiger partial charge in [-0.25, -0.2) is 13.1 Å². The molecule has 0 bridgehead atoms. The average Bonchev–Trinajstić information content (AvgIpc) is 1.66. The van der Waals surface area contributed by atoms with Crippen LogP contribution in [0.25, 0.3) is 9.69 Å². The van der Waals surface area contributed by atoms with E-state index in [2.05, 4.69) is 9.69 Å². The second-order valence-electron chi connectivity index (χ2n) is 1.97. The van der Waals surface area contributed by atoms with E-state index in [9.17, 15) is 0 Å². The van der Waals surface area contributed by atoms with Crippen molar-refractivity contribution in [3.05, 3.63) is 22.8 Å². The number of hydrogen-bond acceptors (Lipinski definition) is 0. The molecule has 0 aliphatic heterocycles. The molecule has 0 aromatic rings. The van der Waals surface area contributed by atoms with Gasteiger partial charge in [-0.1, -0.05) is 0 Å². The molecule has 0 heterocycles. The molecule has 8 heavy (non-hydrogen) atoms. The molecule has 1 aliphatic rings. The fraction of sp³-hybridized carbons (Fsp3) is 0.667. The van der Waals surface area contributed by atoms with Crippen molar-refractivity contribution >= 4 is 0 Å². The minimum absolute atomic E-state index is 0.0347. The van der Waals surface area contributed by atoms with Crippen molar-refractivity contribution in [2.75, 3.05) is 0 Å². The van der Waals surface area contributed by atoms with Crippen LogP contribution in [0, 0.1) is 13.1 Å². The highest BCUT2D eigenvalue weighted by molar-refractivity contribution is 5.05. The zero-order valence-electron chi connectivity index (χ0n) is 4.46. The smallest absolute Gasteiger partial charge is 0.297 e. The normalized spacial score (nSPS) is 34.2. The first-order valence-electron chi connectivity index (χ1n) is 2.61. The number of hydrogen-bond donors (Lipinski definition) is 0. The van der Waals surface area contributed by atoms with Crippen LogP contribution in [0.15, 0.2) is 0 Å². The third-order valence-electron chi connectivity index (χ3n) is 1.53. The molecule has 1 rings (SSSR count). The van der Waals surface area contributed by atoms with Crippen molar-refractivity contribution in [1.29, 1.82) is 0 Å². The lowest BCUT2D eigenvalue weighted by atomic mass is 9.88. The molecule has 1 aliphatic carbocycles. The van der Waals surface area contributed by atoms with E-state index in [-0.39, 0.29) is 12.1 Å². The maximum Gasteiger partial charge on any atom is 0.297 e. The first-order chi connectivity index (χ1) is 3.88. The van der Waals surface area contributed by atoms with Gasteiger partial charge >= 0.3 is 0 Å². The summed E-state index contributed by atoms with van der Waals surface area (Å²) in [6, 6.07) is 0.0694. The second-order valence-corrected chi connectivity index (χ2v) is 1.97. The van der Waals surface area contributed by atoms with Crippen molar-refractivity contribution < 1.29 is 0 Å². The van der Waals surface area contributed by atoms with Crippen molar-refractivity contribution in [2.24, 2.45) is 0 Å². The van der Waals surface area contributed by atoms with Crippen LogP contribution in [0.5, 0.6) is 0 Å². The van der Waals surface area contributed by atoms with Crippen molar-refractivity contribution in [2.45, 2.75) is 24.9 Å². The highest BCUT2D eigenvalue weighted by Gasteiger charge is 2.41. The number of nitrogens with zero attached hydrogens (tertiary/aromatic N) is 2. The molecular formula is C6H6N2. The Morgan fingerprint density at radius 1 is 1.00 bits per heavy atom. The largest absolute Gasteiger partial charge is 0.305 e. The predicted molar refractivity (Wildman–Crippen MR) is 30.0 cm³/mol. The Bertz CT molecular complexity index is 140. The molecule has 2 nitrogen and oxygen atoms in total. The summed E-state index contributed by atoms with van der Waals surface area (Å²) in [5.74, 6) is 0. The van der Waals surface area contributed by atoms with Crippen LogP contribution in [-0.4, -0.2) is 12.1 Å². The molecule has 40 valence electrons. The van der Waals surface area contributed by atoms with Gasteiger partial charge in [0.2, 0.25) is 0 Å². The molecule has 1 saturated carbocycles. The Balaban J connectivity index is 2.44. The standard InChI is InChI=1S/C6H6N2/c1-7-5-3-4-6(5)8-2/h5-6H,3-4H2. The quantitative estimate of drug-likeness (QED) is 0.412. The van der Waals surface area contributed by atoms with Crippen molar-refractivity contribution in [1.82, 2.24) is 0 Å². The SMILES string of the molecule is [C-]#[N+]C1CCC1[N+]#[C-]. The Morgan fingerprint density at radius 3 is 1.50 bits per heavy atom. The summed E-state index contributed by atoms with van der Waals surface area (Å²) in [7, 11) is 0. The van der Waals surface area contributed by atoms with Gasteiger partial charge in [0.1, 0.15) is 0 Å². The van der Waals surface area contributed by atoms with Gasteiger partial charge < -0.3 is 9.69 Å². The van der Waals surface area contributed by atoms with Crippen LogP contribution in [-0.2, 0) is 0 Å². The van der Waals surface area contributed by atoms with Gasteiger partial charge in [0.15, 0.2) is 0 Å². The molecule has 1 fully saturated rings. The average molecular weight is 106 g/mol. The summed E-state index contributed by atoms with van der Waals surface area (Å²) in [6.07, 6.45) is 1.88. The van der Waals surface area contributed by atoms with E-state index in [4.69, 9.17) is 13.1 Å². The maximum atomic E-state index is 6.58. The fourth-order valence-electron chi connectivity index (χ4n) is 0.766. The summed E-state index contributed by atoms with van der Waals surface area (Å²) < 4.78 is 0. The highest BCUT2D eigenvalue weighted by Crippen LogP contribution is 2.25. The van der Waals surface area contributed by atoms with Crippen molar-refractivity contribution in [3.63, 3.8) is 0 Å². The highest BCUT2D eigenvalue weighted by atomic mass is 14.9. The molecule has 2 unspecified atom stereocenters. The Kier molecular flexibility index (Phi) is 1.18. The Labute approximate surface area is 48.8 Å². The second kappa shape index (κ2) is 1.84. The predicted octanol–water partition coefficient (Wildman–Crippen LogP) is 1.36. The summed E-state index contributed by atoms with van der Waals surface area (Å²) in [5.41, 5.74) is 0. The maximum absolute atomic E-state index is 6.58. The summed E-state index contributed by atoms with van der Waals surface area (Å²) in [5, 5.41) is 0. The first-order valence-corrected chi connectivity index (χ1v) is 2.61. The van der Waals surface area contributed by atoms with E-state index < -0.39 is 0 Å². The van der Waals surface area contributed by atoms with Gasteiger partial charge in [-0.2, -0.15) is 0 Å². The Hall–Kier alpha value is -1.02. The van der Waals surface area contributed by atoms with E-state index in [1.165, 1.54) is 0 Å². The van der Waals surface area contributed by atoms with Crippen LogP contribution in [0.2, 0.25) is 0 Å². The third kappa shape index (κ3) is 0.550. The zero-order chi connectivity index (χ0) is 5.98. The topological polar surface area (TPSA) is 8.72 Å². The van der Waals surface area contributed by atoms with E-state index >= 15 is 0 Å². The molecule has 2 heteroatoms. The molecule has 0 spiro atoms. The Morgan fingerprint density at radius 2 is 1.38 bits per heavy atom. The molecule has 0 N–H and O–H groups in total.